The molecule has 4 nitrogen and oxygen atoms in total. The third-order valence-electron chi connectivity index (χ3n) is 2.69. The fourth-order valence-electron chi connectivity index (χ4n) is 1.68. The maximum atomic E-state index is 10.8. The highest BCUT2D eigenvalue weighted by molar-refractivity contribution is 7.88. The second kappa shape index (κ2) is 7.51. The molecule has 0 saturated heterocycles. The van der Waals surface area contributed by atoms with E-state index in [1.807, 2.05) is 18.2 Å². The Labute approximate surface area is 110 Å². The minimum absolute atomic E-state index is 0.381. The van der Waals surface area contributed by atoms with Crippen LogP contribution in [0.3, 0.4) is 0 Å². The van der Waals surface area contributed by atoms with Gasteiger partial charge in [-0.2, -0.15) is 0 Å². The zero-order chi connectivity index (χ0) is 13.4. The lowest BCUT2D eigenvalue weighted by molar-refractivity contribution is 0.512. The molecule has 0 bridgehead atoms. The molecule has 0 aliphatic rings. The van der Waals surface area contributed by atoms with Crippen LogP contribution in [0.2, 0.25) is 0 Å². The van der Waals surface area contributed by atoms with Crippen LogP contribution in [0.1, 0.15) is 18.9 Å². The van der Waals surface area contributed by atoms with Gasteiger partial charge in [-0.1, -0.05) is 30.3 Å². The first-order valence-corrected chi connectivity index (χ1v) is 8.08. The maximum Gasteiger partial charge on any atom is 0.208 e. The Kier molecular flexibility index (Phi) is 6.32. The summed E-state index contributed by atoms with van der Waals surface area (Å²) in [6.07, 6.45) is 3.25. The van der Waals surface area contributed by atoms with E-state index >= 15 is 0 Å². The van der Waals surface area contributed by atoms with Crippen molar-refractivity contribution in [3.8, 4) is 0 Å². The van der Waals surface area contributed by atoms with E-state index in [9.17, 15) is 8.42 Å². The summed E-state index contributed by atoms with van der Waals surface area (Å²) < 4.78 is 24.2. The van der Waals surface area contributed by atoms with Gasteiger partial charge in [-0.05, 0) is 25.3 Å². The second-order valence-electron chi connectivity index (χ2n) is 4.55. The van der Waals surface area contributed by atoms with Crippen LogP contribution in [-0.4, -0.2) is 33.8 Å². The summed E-state index contributed by atoms with van der Waals surface area (Å²) in [6.45, 7) is 3.21. The molecule has 0 saturated carbocycles. The summed E-state index contributed by atoms with van der Waals surface area (Å²) in [5.74, 6) is 0. The van der Waals surface area contributed by atoms with E-state index in [1.165, 1.54) is 11.8 Å². The molecule has 1 rings (SSSR count). The predicted octanol–water partition coefficient (Wildman–Crippen LogP) is 1.15. The van der Waals surface area contributed by atoms with Gasteiger partial charge in [0, 0.05) is 19.1 Å². The molecule has 0 amide bonds. The quantitative estimate of drug-likeness (QED) is 0.697. The number of rotatable bonds is 8. The van der Waals surface area contributed by atoms with Crippen molar-refractivity contribution in [2.75, 3.05) is 19.3 Å². The number of nitrogens with one attached hydrogen (secondary N) is 2. The van der Waals surface area contributed by atoms with E-state index in [0.29, 0.717) is 19.1 Å². The summed E-state index contributed by atoms with van der Waals surface area (Å²) in [4.78, 5) is 0. The Balaban J connectivity index is 2.13. The zero-order valence-electron chi connectivity index (χ0n) is 11.0. The van der Waals surface area contributed by atoms with Gasteiger partial charge in [0.2, 0.25) is 10.0 Å². The molecule has 0 fully saturated rings. The Hall–Kier alpha value is -0.910. The highest BCUT2D eigenvalue weighted by Crippen LogP contribution is 2.04. The summed E-state index contributed by atoms with van der Waals surface area (Å²) in [5.41, 5.74) is 1.33. The zero-order valence-corrected chi connectivity index (χ0v) is 11.8. The Morgan fingerprint density at radius 2 is 1.83 bits per heavy atom. The van der Waals surface area contributed by atoms with Gasteiger partial charge in [0.1, 0.15) is 0 Å². The molecule has 0 aliphatic carbocycles. The summed E-state index contributed by atoms with van der Waals surface area (Å²) >= 11 is 0. The molecule has 0 aliphatic heterocycles. The van der Waals surface area contributed by atoms with Crippen LogP contribution < -0.4 is 10.0 Å². The molecular weight excluding hydrogens is 248 g/mol. The lowest BCUT2D eigenvalue weighted by Gasteiger charge is -2.13. The Morgan fingerprint density at radius 3 is 2.44 bits per heavy atom. The molecule has 5 heteroatoms. The van der Waals surface area contributed by atoms with E-state index in [1.54, 1.807) is 0 Å². The van der Waals surface area contributed by atoms with E-state index in [2.05, 4.69) is 29.1 Å². The number of aryl methyl sites for hydroxylation is 1. The highest BCUT2D eigenvalue weighted by atomic mass is 32.2. The van der Waals surface area contributed by atoms with Crippen LogP contribution in [0, 0.1) is 0 Å². The van der Waals surface area contributed by atoms with Gasteiger partial charge in [-0.25, -0.2) is 13.1 Å². The summed E-state index contributed by atoms with van der Waals surface area (Å²) in [5, 5.41) is 3.30. The summed E-state index contributed by atoms with van der Waals surface area (Å²) in [6, 6.07) is 10.7. The van der Waals surface area contributed by atoms with E-state index in [4.69, 9.17) is 0 Å². The first kappa shape index (κ1) is 15.1. The van der Waals surface area contributed by atoms with Crippen LogP contribution in [0.15, 0.2) is 30.3 Å². The normalized spacial score (nSPS) is 13.4. The topological polar surface area (TPSA) is 58.2 Å². The van der Waals surface area contributed by atoms with Gasteiger partial charge >= 0.3 is 0 Å². The predicted molar refractivity (Wildman–Crippen MR) is 75.1 cm³/mol. The molecule has 0 heterocycles. The van der Waals surface area contributed by atoms with E-state index < -0.39 is 10.0 Å². The van der Waals surface area contributed by atoms with Gasteiger partial charge in [-0.15, -0.1) is 0 Å². The lowest BCUT2D eigenvalue weighted by atomic mass is 10.1. The monoisotopic (exact) mass is 270 g/mol. The molecule has 2 N–H and O–H groups in total. The van der Waals surface area contributed by atoms with Crippen molar-refractivity contribution >= 4 is 10.0 Å². The standard InChI is InChI=1S/C13H22N2O2S/c1-12(14-10-11-15-18(2,16)17)8-9-13-6-4-3-5-7-13/h3-7,12,14-15H,8-11H2,1-2H3. The molecule has 1 atom stereocenters. The van der Waals surface area contributed by atoms with Crippen molar-refractivity contribution in [2.45, 2.75) is 25.8 Å². The third kappa shape index (κ3) is 7.42. The number of sulfonamides is 1. The molecule has 0 radical (unpaired) electrons. The van der Waals surface area contributed by atoms with Crippen molar-refractivity contribution in [3.05, 3.63) is 35.9 Å². The minimum Gasteiger partial charge on any atom is -0.313 e. The molecule has 1 aromatic carbocycles. The first-order chi connectivity index (χ1) is 8.47. The van der Waals surface area contributed by atoms with Crippen LogP contribution in [0.5, 0.6) is 0 Å². The highest BCUT2D eigenvalue weighted by Gasteiger charge is 2.03. The lowest BCUT2D eigenvalue weighted by Crippen LogP contribution is -2.35. The van der Waals surface area contributed by atoms with Crippen molar-refractivity contribution in [2.24, 2.45) is 0 Å². The summed E-state index contributed by atoms with van der Waals surface area (Å²) in [7, 11) is -3.07. The largest absolute Gasteiger partial charge is 0.313 e. The number of hydrogen-bond acceptors (Lipinski definition) is 3. The smallest absolute Gasteiger partial charge is 0.208 e. The Bertz CT molecular complexity index is 432. The fraction of sp³-hybridized carbons (Fsp3) is 0.538. The van der Waals surface area contributed by atoms with E-state index in [0.717, 1.165) is 12.8 Å². The van der Waals surface area contributed by atoms with Crippen molar-refractivity contribution in [3.63, 3.8) is 0 Å². The van der Waals surface area contributed by atoms with Gasteiger partial charge in [0.25, 0.3) is 0 Å². The molecule has 0 spiro atoms. The van der Waals surface area contributed by atoms with Crippen LogP contribution in [0.25, 0.3) is 0 Å². The minimum atomic E-state index is -3.07. The number of benzene rings is 1. The average Bonchev–Trinajstić information content (AvgIpc) is 2.32. The molecular formula is C13H22N2O2S. The van der Waals surface area contributed by atoms with Gasteiger partial charge in [0.15, 0.2) is 0 Å². The van der Waals surface area contributed by atoms with Crippen LogP contribution >= 0.6 is 0 Å². The SMILES string of the molecule is CC(CCc1ccccc1)NCCNS(C)(=O)=O. The Morgan fingerprint density at radius 1 is 1.17 bits per heavy atom. The van der Waals surface area contributed by atoms with Crippen molar-refractivity contribution in [1.82, 2.24) is 10.0 Å². The third-order valence-corrected chi connectivity index (χ3v) is 3.42. The average molecular weight is 270 g/mol. The molecule has 18 heavy (non-hydrogen) atoms. The fourth-order valence-corrected chi connectivity index (χ4v) is 2.16. The number of hydrogen-bond donors (Lipinski definition) is 2. The molecule has 1 aromatic rings. The molecule has 0 aromatic heterocycles. The van der Waals surface area contributed by atoms with Gasteiger partial charge in [0.05, 0.1) is 6.26 Å². The van der Waals surface area contributed by atoms with Crippen molar-refractivity contribution in [1.29, 1.82) is 0 Å². The first-order valence-electron chi connectivity index (χ1n) is 6.19. The van der Waals surface area contributed by atoms with Gasteiger partial charge < -0.3 is 5.32 Å². The molecule has 102 valence electrons. The maximum absolute atomic E-state index is 10.8. The van der Waals surface area contributed by atoms with Crippen LogP contribution in [0.4, 0.5) is 0 Å². The van der Waals surface area contributed by atoms with Crippen LogP contribution in [-0.2, 0) is 16.4 Å². The second-order valence-corrected chi connectivity index (χ2v) is 6.38. The van der Waals surface area contributed by atoms with Gasteiger partial charge in [-0.3, -0.25) is 0 Å². The van der Waals surface area contributed by atoms with E-state index in [-0.39, 0.29) is 0 Å². The molecule has 1 unspecified atom stereocenters. The van der Waals surface area contributed by atoms with Crippen molar-refractivity contribution < 1.29 is 8.42 Å².